The molecule has 1 aliphatic carbocycles. The van der Waals surface area contributed by atoms with Crippen molar-refractivity contribution in [2.24, 2.45) is 5.92 Å². The minimum atomic E-state index is -0.649. The van der Waals surface area contributed by atoms with E-state index in [1.807, 2.05) is 12.1 Å². The molecule has 84 valence electrons. The lowest BCUT2D eigenvalue weighted by Gasteiger charge is -2.05. The minimum absolute atomic E-state index is 0.124. The standard InChI is InChI=1S/C12H11BrO3/c1-2-16-12(15)10-6-7-5-8(13)3-4-9(7)11(10)14/h3-5,10H,2,6H2,1H3/t10-/m1/s1. The molecule has 1 aromatic rings. The van der Waals surface area contributed by atoms with E-state index in [4.69, 9.17) is 4.74 Å². The second-order valence-electron chi connectivity index (χ2n) is 3.67. The number of benzene rings is 1. The highest BCUT2D eigenvalue weighted by atomic mass is 79.9. The van der Waals surface area contributed by atoms with Gasteiger partial charge >= 0.3 is 5.97 Å². The summed E-state index contributed by atoms with van der Waals surface area (Å²) in [5.41, 5.74) is 1.55. The highest BCUT2D eigenvalue weighted by Crippen LogP contribution is 2.29. The number of carbonyl (C=O) groups excluding carboxylic acids is 2. The van der Waals surface area contributed by atoms with Gasteiger partial charge in [-0.2, -0.15) is 0 Å². The van der Waals surface area contributed by atoms with E-state index < -0.39 is 11.9 Å². The molecule has 0 N–H and O–H groups in total. The number of hydrogen-bond donors (Lipinski definition) is 0. The molecule has 1 aromatic carbocycles. The summed E-state index contributed by atoms with van der Waals surface area (Å²) in [7, 11) is 0. The molecule has 0 aliphatic heterocycles. The Morgan fingerprint density at radius 2 is 2.31 bits per heavy atom. The number of Topliss-reactive ketones (excluding diaryl/α,β-unsaturated/α-hetero) is 1. The molecule has 0 aromatic heterocycles. The van der Waals surface area contributed by atoms with Gasteiger partial charge in [-0.1, -0.05) is 15.9 Å². The molecule has 0 spiro atoms. The third-order valence-electron chi connectivity index (χ3n) is 2.64. The van der Waals surface area contributed by atoms with E-state index in [1.54, 1.807) is 13.0 Å². The summed E-state index contributed by atoms with van der Waals surface area (Å²) < 4.78 is 5.81. The van der Waals surface area contributed by atoms with Crippen molar-refractivity contribution in [1.82, 2.24) is 0 Å². The lowest BCUT2D eigenvalue weighted by atomic mass is 10.1. The Hall–Kier alpha value is -1.16. The van der Waals surface area contributed by atoms with Gasteiger partial charge in [-0.3, -0.25) is 9.59 Å². The third-order valence-corrected chi connectivity index (χ3v) is 3.14. The second-order valence-corrected chi connectivity index (χ2v) is 4.59. The third kappa shape index (κ3) is 1.89. The van der Waals surface area contributed by atoms with Crippen molar-refractivity contribution in [3.05, 3.63) is 33.8 Å². The number of esters is 1. The predicted octanol–water partition coefficient (Wildman–Crippen LogP) is 2.37. The fourth-order valence-electron chi connectivity index (χ4n) is 1.91. The minimum Gasteiger partial charge on any atom is -0.465 e. The molecule has 16 heavy (non-hydrogen) atoms. The Morgan fingerprint density at radius 1 is 1.56 bits per heavy atom. The van der Waals surface area contributed by atoms with E-state index in [0.717, 1.165) is 10.0 Å². The van der Waals surface area contributed by atoms with Gasteiger partial charge in [-0.25, -0.2) is 0 Å². The highest BCUT2D eigenvalue weighted by Gasteiger charge is 2.36. The van der Waals surface area contributed by atoms with Gasteiger partial charge in [-0.15, -0.1) is 0 Å². The summed E-state index contributed by atoms with van der Waals surface area (Å²) in [6, 6.07) is 5.44. The van der Waals surface area contributed by atoms with E-state index in [0.29, 0.717) is 18.6 Å². The van der Waals surface area contributed by atoms with Crippen LogP contribution in [0.2, 0.25) is 0 Å². The lowest BCUT2D eigenvalue weighted by Crippen LogP contribution is -2.23. The van der Waals surface area contributed by atoms with Gasteiger partial charge in [0.05, 0.1) is 6.61 Å². The fraction of sp³-hybridized carbons (Fsp3) is 0.333. The van der Waals surface area contributed by atoms with Crippen molar-refractivity contribution < 1.29 is 14.3 Å². The van der Waals surface area contributed by atoms with Crippen molar-refractivity contribution in [3.8, 4) is 0 Å². The van der Waals surface area contributed by atoms with Crippen LogP contribution >= 0.6 is 15.9 Å². The molecule has 3 nitrogen and oxygen atoms in total. The van der Waals surface area contributed by atoms with Crippen molar-refractivity contribution in [3.63, 3.8) is 0 Å². The monoisotopic (exact) mass is 282 g/mol. The topological polar surface area (TPSA) is 43.4 Å². The van der Waals surface area contributed by atoms with Crippen LogP contribution in [0.3, 0.4) is 0 Å². The number of halogens is 1. The molecule has 0 bridgehead atoms. The van der Waals surface area contributed by atoms with Crippen LogP contribution in [0.4, 0.5) is 0 Å². The van der Waals surface area contributed by atoms with Crippen LogP contribution in [0.1, 0.15) is 22.8 Å². The zero-order valence-electron chi connectivity index (χ0n) is 8.83. The first kappa shape index (κ1) is 11.3. The Morgan fingerprint density at radius 3 is 3.00 bits per heavy atom. The number of rotatable bonds is 2. The molecular formula is C12H11BrO3. The van der Waals surface area contributed by atoms with Crippen LogP contribution in [0, 0.1) is 5.92 Å². The van der Waals surface area contributed by atoms with E-state index in [9.17, 15) is 9.59 Å². The van der Waals surface area contributed by atoms with E-state index in [1.165, 1.54) is 0 Å². The van der Waals surface area contributed by atoms with E-state index >= 15 is 0 Å². The summed E-state index contributed by atoms with van der Waals surface area (Å²) in [4.78, 5) is 23.5. The van der Waals surface area contributed by atoms with Gasteiger partial charge in [0.25, 0.3) is 0 Å². The molecule has 1 aliphatic rings. The first-order valence-electron chi connectivity index (χ1n) is 5.12. The summed E-state index contributed by atoms with van der Waals surface area (Å²) in [6.45, 7) is 2.05. The Balaban J connectivity index is 2.27. The Bertz CT molecular complexity index is 454. The number of fused-ring (bicyclic) bond motifs is 1. The smallest absolute Gasteiger partial charge is 0.317 e. The van der Waals surface area contributed by atoms with Crippen LogP contribution in [0.15, 0.2) is 22.7 Å². The van der Waals surface area contributed by atoms with Gasteiger partial charge < -0.3 is 4.74 Å². The quantitative estimate of drug-likeness (QED) is 0.618. The number of hydrogen-bond acceptors (Lipinski definition) is 3. The SMILES string of the molecule is CCOC(=O)[C@@H]1Cc2cc(Br)ccc2C1=O. The van der Waals surface area contributed by atoms with Crippen LogP contribution in [0.25, 0.3) is 0 Å². The molecule has 0 unspecified atom stereocenters. The van der Waals surface area contributed by atoms with Gasteiger partial charge in [-0.05, 0) is 37.1 Å². The second kappa shape index (κ2) is 4.37. The van der Waals surface area contributed by atoms with E-state index in [2.05, 4.69) is 15.9 Å². The van der Waals surface area contributed by atoms with Crippen molar-refractivity contribution in [1.29, 1.82) is 0 Å². The van der Waals surface area contributed by atoms with Gasteiger partial charge in [0.2, 0.25) is 0 Å². The number of ether oxygens (including phenoxy) is 1. The molecule has 0 fully saturated rings. The molecule has 0 radical (unpaired) electrons. The predicted molar refractivity (Wildman–Crippen MR) is 62.3 cm³/mol. The Kier molecular flexibility index (Phi) is 3.10. The molecule has 0 saturated carbocycles. The first-order chi connectivity index (χ1) is 7.63. The summed E-state index contributed by atoms with van der Waals surface area (Å²) in [5.74, 6) is -1.19. The zero-order chi connectivity index (χ0) is 11.7. The Labute approximate surface area is 102 Å². The highest BCUT2D eigenvalue weighted by molar-refractivity contribution is 9.10. The van der Waals surface area contributed by atoms with Crippen molar-refractivity contribution >= 4 is 27.7 Å². The average molecular weight is 283 g/mol. The average Bonchev–Trinajstić information content (AvgIpc) is 2.56. The molecule has 0 heterocycles. The van der Waals surface area contributed by atoms with Crippen molar-refractivity contribution in [2.75, 3.05) is 6.61 Å². The van der Waals surface area contributed by atoms with Crippen LogP contribution < -0.4 is 0 Å². The largest absolute Gasteiger partial charge is 0.465 e. The van der Waals surface area contributed by atoms with Gasteiger partial charge in [0.15, 0.2) is 5.78 Å². The molecule has 4 heteroatoms. The molecule has 2 rings (SSSR count). The summed E-state index contributed by atoms with van der Waals surface area (Å²) in [5, 5.41) is 0. The summed E-state index contributed by atoms with van der Waals surface area (Å²) in [6.07, 6.45) is 0.451. The van der Waals surface area contributed by atoms with Crippen molar-refractivity contribution in [2.45, 2.75) is 13.3 Å². The first-order valence-corrected chi connectivity index (χ1v) is 5.92. The molecule has 0 amide bonds. The van der Waals surface area contributed by atoms with Crippen LogP contribution in [-0.4, -0.2) is 18.4 Å². The number of carbonyl (C=O) groups is 2. The summed E-state index contributed by atoms with van der Waals surface area (Å²) >= 11 is 3.35. The van der Waals surface area contributed by atoms with E-state index in [-0.39, 0.29) is 5.78 Å². The maximum atomic E-state index is 11.9. The normalized spacial score (nSPS) is 18.4. The lowest BCUT2D eigenvalue weighted by molar-refractivity contribution is -0.145. The van der Waals surface area contributed by atoms with Gasteiger partial charge in [0.1, 0.15) is 5.92 Å². The maximum absolute atomic E-state index is 11.9. The number of ketones is 1. The molecule has 1 atom stereocenters. The molecule has 0 saturated heterocycles. The molecular weight excluding hydrogens is 272 g/mol. The zero-order valence-corrected chi connectivity index (χ0v) is 10.4. The van der Waals surface area contributed by atoms with Crippen LogP contribution in [-0.2, 0) is 16.0 Å². The van der Waals surface area contributed by atoms with Crippen LogP contribution in [0.5, 0.6) is 0 Å². The van der Waals surface area contributed by atoms with Gasteiger partial charge in [0, 0.05) is 10.0 Å². The fourth-order valence-corrected chi connectivity index (χ4v) is 2.31. The maximum Gasteiger partial charge on any atom is 0.317 e.